The lowest BCUT2D eigenvalue weighted by atomic mass is 10.1. The van der Waals surface area contributed by atoms with Gasteiger partial charge < -0.3 is 14.5 Å². The topological polar surface area (TPSA) is 83.8 Å². The summed E-state index contributed by atoms with van der Waals surface area (Å²) in [5.74, 6) is -1.17. The van der Waals surface area contributed by atoms with Crippen molar-refractivity contribution in [2.45, 2.75) is 19.6 Å². The van der Waals surface area contributed by atoms with Gasteiger partial charge in [0.15, 0.2) is 0 Å². The first-order valence-electron chi connectivity index (χ1n) is 11.3. The maximum atomic E-state index is 15.1. The van der Waals surface area contributed by atoms with Crippen LogP contribution in [0.4, 0.5) is 25.0 Å². The summed E-state index contributed by atoms with van der Waals surface area (Å²) in [6.45, 7) is 4.10. The molecular weight excluding hydrogens is 458 g/mol. The van der Waals surface area contributed by atoms with E-state index in [1.54, 1.807) is 34.0 Å². The zero-order valence-electron chi connectivity index (χ0n) is 19.1. The van der Waals surface area contributed by atoms with Crippen molar-refractivity contribution in [3.63, 3.8) is 0 Å². The molecular formula is C24H24F2N6O3. The summed E-state index contributed by atoms with van der Waals surface area (Å²) >= 11 is 0. The Labute approximate surface area is 200 Å². The molecule has 2 aromatic carbocycles. The zero-order valence-corrected chi connectivity index (χ0v) is 19.1. The normalized spacial score (nSPS) is 18.2. The van der Waals surface area contributed by atoms with Gasteiger partial charge in [0.2, 0.25) is 0 Å². The average molecular weight is 482 g/mol. The minimum Gasteiger partial charge on any atom is -0.442 e. The van der Waals surface area contributed by atoms with Crippen LogP contribution in [-0.4, -0.2) is 70.7 Å². The molecule has 2 fully saturated rings. The summed E-state index contributed by atoms with van der Waals surface area (Å²) in [7, 11) is 0. The number of piperazine rings is 1. The third kappa shape index (κ3) is 4.79. The molecule has 182 valence electrons. The number of anilines is 2. The molecule has 2 aliphatic rings. The lowest BCUT2D eigenvalue weighted by Crippen LogP contribution is -2.49. The molecule has 0 aliphatic carbocycles. The summed E-state index contributed by atoms with van der Waals surface area (Å²) in [5.41, 5.74) is 1.87. The molecule has 5 rings (SSSR count). The number of aromatic nitrogens is 3. The third-order valence-electron chi connectivity index (χ3n) is 6.14. The van der Waals surface area contributed by atoms with Crippen molar-refractivity contribution >= 4 is 23.4 Å². The van der Waals surface area contributed by atoms with E-state index in [1.165, 1.54) is 29.2 Å². The Morgan fingerprint density at radius 3 is 2.60 bits per heavy atom. The fraction of sp³-hybridized carbons (Fsp3) is 0.333. The maximum absolute atomic E-state index is 15.1. The van der Waals surface area contributed by atoms with Crippen molar-refractivity contribution in [3.8, 4) is 0 Å². The van der Waals surface area contributed by atoms with E-state index in [1.807, 2.05) is 11.8 Å². The largest absolute Gasteiger partial charge is 0.442 e. The van der Waals surface area contributed by atoms with Crippen molar-refractivity contribution in [3.05, 3.63) is 71.6 Å². The van der Waals surface area contributed by atoms with Gasteiger partial charge in [-0.25, -0.2) is 18.3 Å². The predicted octanol–water partition coefficient (Wildman–Crippen LogP) is 2.85. The number of amides is 2. The Morgan fingerprint density at radius 1 is 1.11 bits per heavy atom. The molecule has 0 spiro atoms. The number of carbonyl (C=O) groups excluding carboxylic acids is 2. The van der Waals surface area contributed by atoms with Crippen molar-refractivity contribution in [1.82, 2.24) is 19.9 Å². The van der Waals surface area contributed by atoms with E-state index >= 15 is 4.39 Å². The highest BCUT2D eigenvalue weighted by Gasteiger charge is 2.33. The minimum absolute atomic E-state index is 0.247. The van der Waals surface area contributed by atoms with Crippen LogP contribution in [0, 0.1) is 18.6 Å². The molecule has 11 heteroatoms. The average Bonchev–Trinajstić information content (AvgIpc) is 3.43. The molecule has 3 heterocycles. The van der Waals surface area contributed by atoms with Crippen molar-refractivity contribution in [1.29, 1.82) is 0 Å². The SMILES string of the molecule is Cc1cn(C[C@H]2CN(c3ccc(N4CCN(C(=O)c5cccc(F)c5)CC4)c(F)c3)C(=O)O2)nn1. The van der Waals surface area contributed by atoms with Gasteiger partial charge >= 0.3 is 6.09 Å². The summed E-state index contributed by atoms with van der Waals surface area (Å²) in [4.78, 5) is 29.9. The second-order valence-corrected chi connectivity index (χ2v) is 8.62. The Morgan fingerprint density at radius 2 is 1.91 bits per heavy atom. The fourth-order valence-corrected chi connectivity index (χ4v) is 4.40. The van der Waals surface area contributed by atoms with E-state index in [9.17, 15) is 14.0 Å². The molecule has 2 amide bonds. The number of ether oxygens (including phenoxy) is 1. The van der Waals surface area contributed by atoms with Gasteiger partial charge in [-0.1, -0.05) is 11.3 Å². The van der Waals surface area contributed by atoms with E-state index in [-0.39, 0.29) is 12.5 Å². The highest BCUT2D eigenvalue weighted by Crippen LogP contribution is 2.29. The van der Waals surface area contributed by atoms with Gasteiger partial charge in [-0.3, -0.25) is 9.69 Å². The Bertz CT molecular complexity index is 1260. The second kappa shape index (κ2) is 9.32. The number of rotatable bonds is 5. The number of nitrogens with zero attached hydrogens (tertiary/aromatic N) is 6. The summed E-state index contributed by atoms with van der Waals surface area (Å²) in [5, 5.41) is 7.89. The summed E-state index contributed by atoms with van der Waals surface area (Å²) < 4.78 is 35.5. The number of hydrogen-bond acceptors (Lipinski definition) is 6. The fourth-order valence-electron chi connectivity index (χ4n) is 4.40. The van der Waals surface area contributed by atoms with Crippen LogP contribution < -0.4 is 9.80 Å². The zero-order chi connectivity index (χ0) is 24.5. The molecule has 9 nitrogen and oxygen atoms in total. The lowest BCUT2D eigenvalue weighted by molar-refractivity contribution is 0.0746. The van der Waals surface area contributed by atoms with Crippen LogP contribution in [0.2, 0.25) is 0 Å². The monoisotopic (exact) mass is 482 g/mol. The number of hydrogen-bond donors (Lipinski definition) is 0. The Kier molecular flexibility index (Phi) is 6.06. The quantitative estimate of drug-likeness (QED) is 0.556. The first-order chi connectivity index (χ1) is 16.9. The Hall–Kier alpha value is -4.02. The van der Waals surface area contributed by atoms with Crippen LogP contribution in [0.1, 0.15) is 16.1 Å². The maximum Gasteiger partial charge on any atom is 0.414 e. The molecule has 0 radical (unpaired) electrons. The molecule has 0 bridgehead atoms. The standard InChI is InChI=1S/C24H24F2N6O3/c1-16-13-31(28-27-16)14-20-15-32(24(34)35-20)19-5-6-22(21(26)12-19)29-7-9-30(10-8-29)23(33)17-3-2-4-18(25)11-17/h2-6,11-13,20H,7-10,14-15H2,1H3/t20-/m0/s1. The van der Waals surface area contributed by atoms with E-state index < -0.39 is 23.8 Å². The van der Waals surface area contributed by atoms with E-state index in [2.05, 4.69) is 10.3 Å². The molecule has 1 atom stereocenters. The first kappa shape index (κ1) is 22.8. The minimum atomic E-state index is -0.538. The molecule has 3 aromatic rings. The summed E-state index contributed by atoms with van der Waals surface area (Å²) in [6.07, 6.45) is 0.801. The number of benzene rings is 2. The van der Waals surface area contributed by atoms with Crippen LogP contribution in [-0.2, 0) is 11.3 Å². The Balaban J connectivity index is 1.21. The second-order valence-electron chi connectivity index (χ2n) is 8.62. The number of carbonyl (C=O) groups is 2. The smallest absolute Gasteiger partial charge is 0.414 e. The van der Waals surface area contributed by atoms with Crippen LogP contribution >= 0.6 is 0 Å². The van der Waals surface area contributed by atoms with E-state index in [0.717, 1.165) is 5.69 Å². The molecule has 1 aromatic heterocycles. The van der Waals surface area contributed by atoms with Crippen LogP contribution in [0.25, 0.3) is 0 Å². The van der Waals surface area contributed by atoms with Gasteiger partial charge in [-0.15, -0.1) is 5.10 Å². The van der Waals surface area contributed by atoms with Crippen molar-refractivity contribution < 1.29 is 23.1 Å². The van der Waals surface area contributed by atoms with Crippen LogP contribution in [0.3, 0.4) is 0 Å². The van der Waals surface area contributed by atoms with Gasteiger partial charge in [-0.05, 0) is 43.3 Å². The highest BCUT2D eigenvalue weighted by atomic mass is 19.1. The van der Waals surface area contributed by atoms with Crippen molar-refractivity contribution in [2.24, 2.45) is 0 Å². The van der Waals surface area contributed by atoms with Gasteiger partial charge in [0.25, 0.3) is 5.91 Å². The molecule has 0 unspecified atom stereocenters. The third-order valence-corrected chi connectivity index (χ3v) is 6.14. The first-order valence-corrected chi connectivity index (χ1v) is 11.3. The van der Waals surface area contributed by atoms with Crippen LogP contribution in [0.15, 0.2) is 48.7 Å². The molecule has 35 heavy (non-hydrogen) atoms. The van der Waals surface area contributed by atoms with Crippen molar-refractivity contribution in [2.75, 3.05) is 42.5 Å². The highest BCUT2D eigenvalue weighted by molar-refractivity contribution is 5.94. The van der Waals surface area contributed by atoms with Gasteiger partial charge in [-0.2, -0.15) is 0 Å². The molecule has 0 N–H and O–H groups in total. The number of halogens is 2. The number of aryl methyl sites for hydroxylation is 1. The predicted molar refractivity (Wildman–Crippen MR) is 123 cm³/mol. The molecule has 2 saturated heterocycles. The lowest BCUT2D eigenvalue weighted by Gasteiger charge is -2.36. The summed E-state index contributed by atoms with van der Waals surface area (Å²) in [6, 6.07) is 10.2. The number of cyclic esters (lactones) is 1. The van der Waals surface area contributed by atoms with Gasteiger partial charge in [0.1, 0.15) is 17.7 Å². The molecule has 0 saturated carbocycles. The molecule has 2 aliphatic heterocycles. The van der Waals surface area contributed by atoms with Gasteiger partial charge in [0.05, 0.1) is 30.2 Å². The van der Waals surface area contributed by atoms with Gasteiger partial charge in [0, 0.05) is 37.9 Å². The van der Waals surface area contributed by atoms with E-state index in [4.69, 9.17) is 4.74 Å². The van der Waals surface area contributed by atoms with E-state index in [0.29, 0.717) is 49.7 Å². The van der Waals surface area contributed by atoms with Crippen LogP contribution in [0.5, 0.6) is 0 Å².